The molecule has 0 amide bonds. The van der Waals surface area contributed by atoms with Crippen molar-refractivity contribution in [2.75, 3.05) is 5.32 Å². The maximum absolute atomic E-state index is 5.77. The number of thiocarbonyl (C=S) groups is 1. The molecule has 1 aromatic rings. The molecule has 0 aromatic heterocycles. The number of benzene rings is 1. The summed E-state index contributed by atoms with van der Waals surface area (Å²) >= 11 is 12.6. The van der Waals surface area contributed by atoms with Gasteiger partial charge in [0.2, 0.25) is 0 Å². The molecule has 0 aliphatic heterocycles. The molecule has 0 spiro atoms. The van der Waals surface area contributed by atoms with Crippen molar-refractivity contribution in [1.29, 1.82) is 0 Å². The largest absolute Gasteiger partial charge is 0.376 e. The number of halogens is 2. The van der Waals surface area contributed by atoms with E-state index in [2.05, 4.69) is 27.9 Å². The second-order valence-electron chi connectivity index (χ2n) is 2.11. The van der Waals surface area contributed by atoms with Crippen molar-refractivity contribution in [1.82, 2.24) is 0 Å². The molecule has 1 aromatic carbocycles. The molecule has 0 aliphatic carbocycles. The van der Waals surface area contributed by atoms with Gasteiger partial charge in [-0.15, -0.1) is 0 Å². The van der Waals surface area contributed by atoms with Crippen molar-refractivity contribution >= 4 is 57.2 Å². The molecule has 0 radical (unpaired) electrons. The van der Waals surface area contributed by atoms with Gasteiger partial charge in [0.1, 0.15) is 0 Å². The molecule has 2 nitrogen and oxygen atoms in total. The maximum atomic E-state index is 5.77. The van der Waals surface area contributed by atoms with Crippen LogP contribution in [0.5, 0.6) is 0 Å². The standard InChI is InChI=1S/C7H6ClIN2S/c8-4-1-2-5(9)6(3-4)11-7(10)12/h1-3H,(H3,10,11,12). The average Bonchev–Trinajstić information content (AvgIpc) is 1.96. The highest BCUT2D eigenvalue weighted by molar-refractivity contribution is 14.1. The summed E-state index contributed by atoms with van der Waals surface area (Å²) in [5.74, 6) is 0. The molecule has 0 heterocycles. The average molecular weight is 313 g/mol. The lowest BCUT2D eigenvalue weighted by Crippen LogP contribution is -2.19. The predicted molar refractivity (Wildman–Crippen MR) is 64.6 cm³/mol. The highest BCUT2D eigenvalue weighted by atomic mass is 127. The van der Waals surface area contributed by atoms with Gasteiger partial charge in [0.15, 0.2) is 5.11 Å². The van der Waals surface area contributed by atoms with Crippen LogP contribution in [-0.2, 0) is 0 Å². The Morgan fingerprint density at radius 3 is 2.83 bits per heavy atom. The fourth-order valence-corrected chi connectivity index (χ4v) is 1.48. The van der Waals surface area contributed by atoms with Crippen molar-refractivity contribution in [2.24, 2.45) is 5.73 Å². The molecule has 12 heavy (non-hydrogen) atoms. The predicted octanol–water partition coefficient (Wildman–Crippen LogP) is 2.60. The Hall–Kier alpha value is -0.0700. The minimum atomic E-state index is 0.246. The van der Waals surface area contributed by atoms with Gasteiger partial charge in [-0.3, -0.25) is 0 Å². The van der Waals surface area contributed by atoms with Gasteiger partial charge < -0.3 is 11.1 Å². The van der Waals surface area contributed by atoms with Crippen LogP contribution in [0.15, 0.2) is 18.2 Å². The van der Waals surface area contributed by atoms with E-state index in [4.69, 9.17) is 29.6 Å². The Balaban J connectivity index is 2.97. The summed E-state index contributed by atoms with van der Waals surface area (Å²) in [6.07, 6.45) is 0. The fraction of sp³-hybridized carbons (Fsp3) is 0. The first-order chi connectivity index (χ1) is 5.59. The number of anilines is 1. The summed E-state index contributed by atoms with van der Waals surface area (Å²) in [4.78, 5) is 0. The summed E-state index contributed by atoms with van der Waals surface area (Å²) in [6, 6.07) is 5.49. The van der Waals surface area contributed by atoms with Crippen molar-refractivity contribution in [2.45, 2.75) is 0 Å². The van der Waals surface area contributed by atoms with Crippen molar-refractivity contribution in [3.05, 3.63) is 26.8 Å². The van der Waals surface area contributed by atoms with E-state index in [0.717, 1.165) is 9.26 Å². The number of rotatable bonds is 1. The molecule has 3 N–H and O–H groups in total. The van der Waals surface area contributed by atoms with E-state index >= 15 is 0 Å². The summed E-state index contributed by atoms with van der Waals surface area (Å²) < 4.78 is 1.03. The van der Waals surface area contributed by atoms with E-state index in [9.17, 15) is 0 Å². The van der Waals surface area contributed by atoms with Crippen LogP contribution in [-0.4, -0.2) is 5.11 Å². The molecule has 0 saturated heterocycles. The molecule has 0 aliphatic rings. The first-order valence-electron chi connectivity index (χ1n) is 3.11. The monoisotopic (exact) mass is 312 g/mol. The molecule has 0 atom stereocenters. The van der Waals surface area contributed by atoms with Crippen LogP contribution in [0.25, 0.3) is 0 Å². The van der Waals surface area contributed by atoms with E-state index < -0.39 is 0 Å². The van der Waals surface area contributed by atoms with Crippen LogP contribution in [0.3, 0.4) is 0 Å². The Labute approximate surface area is 94.6 Å². The van der Waals surface area contributed by atoms with Gasteiger partial charge in [-0.1, -0.05) is 11.6 Å². The van der Waals surface area contributed by atoms with Crippen molar-refractivity contribution in [3.63, 3.8) is 0 Å². The van der Waals surface area contributed by atoms with Crippen LogP contribution in [0.2, 0.25) is 5.02 Å². The van der Waals surface area contributed by atoms with Gasteiger partial charge in [-0.2, -0.15) is 0 Å². The molecular weight excluding hydrogens is 307 g/mol. The minimum Gasteiger partial charge on any atom is -0.376 e. The Morgan fingerprint density at radius 1 is 1.58 bits per heavy atom. The second-order valence-corrected chi connectivity index (χ2v) is 4.15. The van der Waals surface area contributed by atoms with Crippen molar-refractivity contribution < 1.29 is 0 Å². The summed E-state index contributed by atoms with van der Waals surface area (Å²) in [7, 11) is 0. The quantitative estimate of drug-likeness (QED) is 0.618. The number of nitrogens with one attached hydrogen (secondary N) is 1. The minimum absolute atomic E-state index is 0.246. The SMILES string of the molecule is NC(=S)Nc1cc(Cl)ccc1I. The van der Waals surface area contributed by atoms with E-state index in [-0.39, 0.29) is 5.11 Å². The number of nitrogens with two attached hydrogens (primary N) is 1. The summed E-state index contributed by atoms with van der Waals surface area (Å²) in [6.45, 7) is 0. The first-order valence-corrected chi connectivity index (χ1v) is 4.97. The van der Waals surface area contributed by atoms with Gasteiger partial charge in [-0.05, 0) is 53.0 Å². The second kappa shape index (κ2) is 4.25. The lowest BCUT2D eigenvalue weighted by Gasteiger charge is -2.05. The Morgan fingerprint density at radius 2 is 2.25 bits per heavy atom. The normalized spacial score (nSPS) is 9.50. The molecule has 0 unspecified atom stereocenters. The van der Waals surface area contributed by atoms with E-state index in [0.29, 0.717) is 5.02 Å². The van der Waals surface area contributed by atoms with E-state index in [1.807, 2.05) is 12.1 Å². The van der Waals surface area contributed by atoms with Gasteiger partial charge in [-0.25, -0.2) is 0 Å². The van der Waals surface area contributed by atoms with E-state index in [1.165, 1.54) is 0 Å². The molecule has 0 bridgehead atoms. The third-order valence-corrected chi connectivity index (χ3v) is 2.46. The summed E-state index contributed by atoms with van der Waals surface area (Å²) in [5.41, 5.74) is 6.16. The highest BCUT2D eigenvalue weighted by Crippen LogP contribution is 2.22. The lowest BCUT2D eigenvalue weighted by molar-refractivity contribution is 1.57. The van der Waals surface area contributed by atoms with Gasteiger partial charge in [0.25, 0.3) is 0 Å². The van der Waals surface area contributed by atoms with Crippen molar-refractivity contribution in [3.8, 4) is 0 Å². The van der Waals surface area contributed by atoms with Crippen LogP contribution in [0, 0.1) is 3.57 Å². The zero-order valence-electron chi connectivity index (χ0n) is 5.97. The topological polar surface area (TPSA) is 38.0 Å². The van der Waals surface area contributed by atoms with Crippen LogP contribution in [0.4, 0.5) is 5.69 Å². The Bertz CT molecular complexity index is 316. The van der Waals surface area contributed by atoms with Gasteiger partial charge in [0.05, 0.1) is 5.69 Å². The molecule has 64 valence electrons. The van der Waals surface area contributed by atoms with Crippen LogP contribution in [0.1, 0.15) is 0 Å². The molecule has 0 fully saturated rings. The first kappa shape index (κ1) is 10.0. The van der Waals surface area contributed by atoms with E-state index in [1.54, 1.807) is 6.07 Å². The smallest absolute Gasteiger partial charge is 0.168 e. The van der Waals surface area contributed by atoms with Gasteiger partial charge >= 0.3 is 0 Å². The molecule has 5 heteroatoms. The molecular formula is C7H6ClIN2S. The summed E-state index contributed by atoms with van der Waals surface area (Å²) in [5, 5.41) is 3.74. The zero-order chi connectivity index (χ0) is 9.14. The molecule has 1 rings (SSSR count). The third kappa shape index (κ3) is 2.76. The number of hydrogen-bond donors (Lipinski definition) is 2. The number of hydrogen-bond acceptors (Lipinski definition) is 1. The molecule has 0 saturated carbocycles. The zero-order valence-corrected chi connectivity index (χ0v) is 9.70. The Kier molecular flexibility index (Phi) is 3.54. The maximum Gasteiger partial charge on any atom is 0.168 e. The third-order valence-electron chi connectivity index (χ3n) is 1.19. The fourth-order valence-electron chi connectivity index (χ4n) is 0.726. The highest BCUT2D eigenvalue weighted by Gasteiger charge is 1.99. The lowest BCUT2D eigenvalue weighted by atomic mass is 10.3. The van der Waals surface area contributed by atoms with Crippen LogP contribution >= 0.6 is 46.4 Å². The van der Waals surface area contributed by atoms with Crippen LogP contribution < -0.4 is 11.1 Å². The van der Waals surface area contributed by atoms with Gasteiger partial charge in [0, 0.05) is 8.59 Å².